The van der Waals surface area contributed by atoms with Crippen LogP contribution in [0.5, 0.6) is 11.5 Å². The molecule has 0 bridgehead atoms. The molecule has 1 N–H and O–H groups in total. The first kappa shape index (κ1) is 25.0. The molecule has 2 aliphatic heterocycles. The summed E-state index contributed by atoms with van der Waals surface area (Å²) in [4.78, 5) is 50.4. The zero-order valence-corrected chi connectivity index (χ0v) is 20.8. The number of likely N-dealkylation sites (tertiary alicyclic amines) is 1. The van der Waals surface area contributed by atoms with Crippen LogP contribution in [0.1, 0.15) is 15.9 Å². The molecule has 2 unspecified atom stereocenters. The average Bonchev–Trinajstić information content (AvgIpc) is 2.96. The summed E-state index contributed by atoms with van der Waals surface area (Å²) in [7, 11) is 1.54. The Labute approximate surface area is 219 Å². The third kappa shape index (κ3) is 4.95. The van der Waals surface area contributed by atoms with Crippen molar-refractivity contribution in [3.8, 4) is 11.5 Å². The minimum Gasteiger partial charge on any atom is -0.496 e. The van der Waals surface area contributed by atoms with Gasteiger partial charge in [-0.25, -0.2) is 19.7 Å². The fraction of sp³-hybridized carbons (Fsp3) is 0.296. The molecule has 0 spiro atoms. The van der Waals surface area contributed by atoms with E-state index in [1.807, 2.05) is 23.1 Å². The largest absolute Gasteiger partial charge is 0.496 e. The van der Waals surface area contributed by atoms with Gasteiger partial charge < -0.3 is 24.4 Å². The lowest BCUT2D eigenvalue weighted by atomic mass is 9.88. The molecule has 38 heavy (non-hydrogen) atoms. The standard InChI is InChI=1S/C27H27N5O6/c1-37-22-6-3-2-5-19(22)17-21-24(34)32(27(35)36)25(21)38-20-9-7-18(8-10-20)23(33)30-13-15-31(16-14-30)26-28-11-4-12-29-26/h2-12,21,25H,13-17H2,1H3,(H,35,36). The minimum absolute atomic E-state index is 0.106. The number of carbonyl (C=O) groups excluding carboxylic acids is 2. The Morgan fingerprint density at radius 1 is 0.974 bits per heavy atom. The molecule has 0 radical (unpaired) electrons. The molecule has 2 aliphatic rings. The number of hydrogen-bond donors (Lipinski definition) is 1. The van der Waals surface area contributed by atoms with Gasteiger partial charge in [0.1, 0.15) is 11.5 Å². The number of methoxy groups -OCH3 is 1. The van der Waals surface area contributed by atoms with Crippen molar-refractivity contribution in [3.63, 3.8) is 0 Å². The molecule has 2 saturated heterocycles. The molecule has 3 amide bonds. The molecule has 196 valence electrons. The number of para-hydroxylation sites is 1. The zero-order chi connectivity index (χ0) is 26.6. The molecule has 0 saturated carbocycles. The lowest BCUT2D eigenvalue weighted by molar-refractivity contribution is -0.169. The van der Waals surface area contributed by atoms with Gasteiger partial charge >= 0.3 is 6.09 Å². The molecule has 2 atom stereocenters. The predicted molar refractivity (Wildman–Crippen MR) is 136 cm³/mol. The van der Waals surface area contributed by atoms with E-state index in [-0.39, 0.29) is 12.3 Å². The number of carboxylic acid groups (broad SMARTS) is 1. The highest BCUT2D eigenvalue weighted by molar-refractivity contribution is 5.98. The summed E-state index contributed by atoms with van der Waals surface area (Å²) in [5.74, 6) is 0.309. The topological polar surface area (TPSA) is 125 Å². The van der Waals surface area contributed by atoms with Crippen molar-refractivity contribution >= 4 is 23.9 Å². The zero-order valence-electron chi connectivity index (χ0n) is 20.8. The maximum atomic E-state index is 13.0. The lowest BCUT2D eigenvalue weighted by Gasteiger charge is -2.43. The van der Waals surface area contributed by atoms with Crippen LogP contribution >= 0.6 is 0 Å². The summed E-state index contributed by atoms with van der Waals surface area (Å²) >= 11 is 0. The lowest BCUT2D eigenvalue weighted by Crippen LogP contribution is -2.65. The van der Waals surface area contributed by atoms with E-state index in [1.165, 1.54) is 0 Å². The van der Waals surface area contributed by atoms with E-state index in [2.05, 4.69) is 9.97 Å². The van der Waals surface area contributed by atoms with Crippen molar-refractivity contribution in [3.05, 3.63) is 78.1 Å². The Morgan fingerprint density at radius 3 is 2.32 bits per heavy atom. The highest BCUT2D eigenvalue weighted by atomic mass is 16.5. The van der Waals surface area contributed by atoms with Gasteiger partial charge in [-0.1, -0.05) is 18.2 Å². The predicted octanol–water partition coefficient (Wildman–Crippen LogP) is 2.53. The van der Waals surface area contributed by atoms with Gasteiger partial charge in [-0.3, -0.25) is 9.59 Å². The molecule has 3 heterocycles. The first-order chi connectivity index (χ1) is 18.5. The minimum atomic E-state index is -1.37. The van der Waals surface area contributed by atoms with Crippen LogP contribution in [-0.2, 0) is 11.2 Å². The van der Waals surface area contributed by atoms with E-state index in [1.54, 1.807) is 60.8 Å². The second kappa shape index (κ2) is 10.8. The quantitative estimate of drug-likeness (QED) is 0.471. The maximum Gasteiger partial charge on any atom is 0.417 e. The highest BCUT2D eigenvalue weighted by Crippen LogP contribution is 2.34. The monoisotopic (exact) mass is 517 g/mol. The molecule has 11 heteroatoms. The summed E-state index contributed by atoms with van der Waals surface area (Å²) in [5.41, 5.74) is 1.28. The number of anilines is 1. The number of carbonyl (C=O) groups is 3. The number of hydrogen-bond acceptors (Lipinski definition) is 8. The van der Waals surface area contributed by atoms with Gasteiger partial charge in [0, 0.05) is 44.1 Å². The van der Waals surface area contributed by atoms with Gasteiger partial charge in [-0.2, -0.15) is 0 Å². The number of ether oxygens (including phenoxy) is 2. The Morgan fingerprint density at radius 2 is 1.66 bits per heavy atom. The fourth-order valence-electron chi connectivity index (χ4n) is 4.72. The smallest absolute Gasteiger partial charge is 0.417 e. The number of amides is 3. The number of aromatic nitrogens is 2. The van der Waals surface area contributed by atoms with Crippen LogP contribution in [0.15, 0.2) is 67.0 Å². The number of rotatable bonds is 7. The van der Waals surface area contributed by atoms with E-state index in [0.717, 1.165) is 5.56 Å². The van der Waals surface area contributed by atoms with E-state index < -0.39 is 24.1 Å². The summed E-state index contributed by atoms with van der Waals surface area (Å²) in [5, 5.41) is 9.53. The van der Waals surface area contributed by atoms with Crippen LogP contribution in [0.2, 0.25) is 0 Å². The van der Waals surface area contributed by atoms with Crippen molar-refractivity contribution in [2.24, 2.45) is 5.92 Å². The second-order valence-electron chi connectivity index (χ2n) is 8.97. The van der Waals surface area contributed by atoms with Gasteiger partial charge in [0.25, 0.3) is 5.91 Å². The van der Waals surface area contributed by atoms with Crippen molar-refractivity contribution in [2.75, 3.05) is 38.2 Å². The van der Waals surface area contributed by atoms with Crippen LogP contribution in [0.3, 0.4) is 0 Å². The third-order valence-electron chi connectivity index (χ3n) is 6.75. The van der Waals surface area contributed by atoms with E-state index in [0.29, 0.717) is 54.1 Å². The number of imide groups is 1. The maximum absolute atomic E-state index is 13.0. The van der Waals surface area contributed by atoms with Crippen LogP contribution in [0.25, 0.3) is 0 Å². The Bertz CT molecular complexity index is 1310. The van der Waals surface area contributed by atoms with Crippen LogP contribution in [0, 0.1) is 5.92 Å². The third-order valence-corrected chi connectivity index (χ3v) is 6.75. The van der Waals surface area contributed by atoms with Crippen LogP contribution < -0.4 is 14.4 Å². The Balaban J connectivity index is 1.23. The second-order valence-corrected chi connectivity index (χ2v) is 8.97. The summed E-state index contributed by atoms with van der Waals surface area (Å²) in [6.45, 7) is 2.34. The van der Waals surface area contributed by atoms with Gasteiger partial charge in [-0.15, -0.1) is 0 Å². The first-order valence-electron chi connectivity index (χ1n) is 12.2. The molecule has 2 fully saturated rings. The number of benzene rings is 2. The van der Waals surface area contributed by atoms with E-state index in [4.69, 9.17) is 9.47 Å². The van der Waals surface area contributed by atoms with Gasteiger partial charge in [-0.05, 0) is 48.4 Å². The van der Waals surface area contributed by atoms with Crippen molar-refractivity contribution in [2.45, 2.75) is 12.6 Å². The molecule has 11 nitrogen and oxygen atoms in total. The number of β-lactam (4-membered cyclic amide) rings is 1. The van der Waals surface area contributed by atoms with Gasteiger partial charge in [0.05, 0.1) is 13.0 Å². The normalized spacial score (nSPS) is 19.1. The molecule has 2 aromatic carbocycles. The van der Waals surface area contributed by atoms with Crippen LogP contribution in [-0.4, -0.2) is 82.3 Å². The molecule has 5 rings (SSSR count). The molecule has 1 aromatic heterocycles. The molecular weight excluding hydrogens is 490 g/mol. The fourth-order valence-corrected chi connectivity index (χ4v) is 4.72. The SMILES string of the molecule is COc1ccccc1CC1C(=O)N(C(=O)O)C1Oc1ccc(C(=O)N2CCN(c3ncccn3)CC2)cc1. The number of nitrogens with zero attached hydrogens (tertiary/aromatic N) is 5. The van der Waals surface area contributed by atoms with E-state index >= 15 is 0 Å². The van der Waals surface area contributed by atoms with Crippen LogP contribution in [0.4, 0.5) is 10.7 Å². The Kier molecular flexibility index (Phi) is 7.07. The summed E-state index contributed by atoms with van der Waals surface area (Å²) < 4.78 is 11.3. The first-order valence-corrected chi connectivity index (χ1v) is 12.2. The van der Waals surface area contributed by atoms with Crippen molar-refractivity contribution < 1.29 is 29.0 Å². The van der Waals surface area contributed by atoms with Gasteiger partial charge in [0.2, 0.25) is 11.9 Å². The van der Waals surface area contributed by atoms with Gasteiger partial charge in [0.15, 0.2) is 6.23 Å². The molecular formula is C27H27N5O6. The number of piperazine rings is 1. The average molecular weight is 518 g/mol. The summed E-state index contributed by atoms with van der Waals surface area (Å²) in [6, 6.07) is 15.6. The molecule has 3 aromatic rings. The highest BCUT2D eigenvalue weighted by Gasteiger charge is 2.53. The van der Waals surface area contributed by atoms with Crippen molar-refractivity contribution in [1.29, 1.82) is 0 Å². The molecule has 0 aliphatic carbocycles. The summed E-state index contributed by atoms with van der Waals surface area (Å²) in [6.07, 6.45) is 1.30. The Hall–Kier alpha value is -4.67. The van der Waals surface area contributed by atoms with Crippen molar-refractivity contribution in [1.82, 2.24) is 19.8 Å². The van der Waals surface area contributed by atoms with E-state index in [9.17, 15) is 19.5 Å².